The quantitative estimate of drug-likeness (QED) is 0.577. The molecule has 78 valence electrons. The van der Waals surface area contributed by atoms with E-state index in [1.165, 1.54) is 51.4 Å². The zero-order valence-electron chi connectivity index (χ0n) is 9.17. The summed E-state index contributed by atoms with van der Waals surface area (Å²) in [7, 11) is 0. The second kappa shape index (κ2) is 4.87. The third-order valence-corrected chi connectivity index (χ3v) is 4.35. The maximum Gasteiger partial charge on any atom is 0.0117 e. The SMILES string of the molecule is C#CCC1CCCCC1C1CCCC1. The van der Waals surface area contributed by atoms with E-state index in [4.69, 9.17) is 6.42 Å². The average molecular weight is 190 g/mol. The molecule has 0 bridgehead atoms. The van der Waals surface area contributed by atoms with Crippen LogP contribution in [0.3, 0.4) is 0 Å². The predicted molar refractivity (Wildman–Crippen MR) is 60.9 cm³/mol. The van der Waals surface area contributed by atoms with Gasteiger partial charge in [-0.3, -0.25) is 0 Å². The summed E-state index contributed by atoms with van der Waals surface area (Å²) in [5.74, 6) is 5.79. The van der Waals surface area contributed by atoms with E-state index in [1.807, 2.05) is 0 Å². The van der Waals surface area contributed by atoms with E-state index >= 15 is 0 Å². The Morgan fingerprint density at radius 1 is 0.929 bits per heavy atom. The summed E-state index contributed by atoms with van der Waals surface area (Å²) in [6, 6.07) is 0. The lowest BCUT2D eigenvalue weighted by molar-refractivity contribution is 0.166. The van der Waals surface area contributed by atoms with Gasteiger partial charge in [0.2, 0.25) is 0 Å². The van der Waals surface area contributed by atoms with Gasteiger partial charge in [-0.2, -0.15) is 0 Å². The minimum Gasteiger partial charge on any atom is -0.120 e. The van der Waals surface area contributed by atoms with Crippen LogP contribution in [0.25, 0.3) is 0 Å². The molecule has 14 heavy (non-hydrogen) atoms. The largest absolute Gasteiger partial charge is 0.120 e. The van der Waals surface area contributed by atoms with Gasteiger partial charge in [0.05, 0.1) is 0 Å². The van der Waals surface area contributed by atoms with Crippen molar-refractivity contribution in [1.29, 1.82) is 0 Å². The fourth-order valence-corrected chi connectivity index (χ4v) is 3.65. The van der Waals surface area contributed by atoms with Crippen molar-refractivity contribution in [3.05, 3.63) is 0 Å². The summed E-state index contributed by atoms with van der Waals surface area (Å²) in [6.45, 7) is 0. The number of hydrogen-bond acceptors (Lipinski definition) is 0. The summed E-state index contributed by atoms with van der Waals surface area (Å²) in [5, 5.41) is 0. The molecular weight excluding hydrogens is 168 g/mol. The van der Waals surface area contributed by atoms with Crippen LogP contribution in [-0.2, 0) is 0 Å². The monoisotopic (exact) mass is 190 g/mol. The van der Waals surface area contributed by atoms with Crippen molar-refractivity contribution in [2.45, 2.75) is 57.8 Å². The van der Waals surface area contributed by atoms with Gasteiger partial charge in [-0.25, -0.2) is 0 Å². The zero-order chi connectivity index (χ0) is 9.80. The lowest BCUT2D eigenvalue weighted by Gasteiger charge is -2.34. The molecule has 2 fully saturated rings. The summed E-state index contributed by atoms with van der Waals surface area (Å²) >= 11 is 0. The molecule has 2 aliphatic rings. The molecule has 0 aliphatic heterocycles. The van der Waals surface area contributed by atoms with E-state index in [9.17, 15) is 0 Å². The van der Waals surface area contributed by atoms with E-state index in [0.29, 0.717) is 0 Å². The molecule has 0 amide bonds. The fourth-order valence-electron chi connectivity index (χ4n) is 3.65. The summed E-state index contributed by atoms with van der Waals surface area (Å²) < 4.78 is 0. The predicted octanol–water partition coefficient (Wildman–Crippen LogP) is 4.01. The van der Waals surface area contributed by atoms with Gasteiger partial charge in [0, 0.05) is 6.42 Å². The van der Waals surface area contributed by atoms with Gasteiger partial charge >= 0.3 is 0 Å². The van der Waals surface area contributed by atoms with Crippen LogP contribution < -0.4 is 0 Å². The number of terminal acetylenes is 1. The third-order valence-electron chi connectivity index (χ3n) is 4.35. The van der Waals surface area contributed by atoms with Crippen molar-refractivity contribution in [3.63, 3.8) is 0 Å². The van der Waals surface area contributed by atoms with Gasteiger partial charge in [0.15, 0.2) is 0 Å². The standard InChI is InChI=1S/C14H22/c1-2-7-12-8-5-6-11-14(12)13-9-3-4-10-13/h1,12-14H,3-11H2. The maximum atomic E-state index is 5.47. The Bertz CT molecular complexity index is 205. The lowest BCUT2D eigenvalue weighted by atomic mass is 9.71. The van der Waals surface area contributed by atoms with Gasteiger partial charge in [0.1, 0.15) is 0 Å². The van der Waals surface area contributed by atoms with E-state index in [2.05, 4.69) is 5.92 Å². The Kier molecular flexibility index (Phi) is 3.51. The van der Waals surface area contributed by atoms with Gasteiger partial charge in [-0.1, -0.05) is 38.5 Å². The highest BCUT2D eigenvalue weighted by molar-refractivity contribution is 4.92. The first-order valence-electron chi connectivity index (χ1n) is 6.35. The molecule has 0 aromatic heterocycles. The van der Waals surface area contributed by atoms with E-state index in [-0.39, 0.29) is 0 Å². The van der Waals surface area contributed by atoms with Crippen LogP contribution in [0.15, 0.2) is 0 Å². The normalized spacial score (nSPS) is 34.2. The molecule has 2 rings (SSSR count). The Morgan fingerprint density at radius 2 is 1.57 bits per heavy atom. The van der Waals surface area contributed by atoms with E-state index < -0.39 is 0 Å². The van der Waals surface area contributed by atoms with Crippen molar-refractivity contribution in [2.24, 2.45) is 17.8 Å². The highest BCUT2D eigenvalue weighted by Gasteiger charge is 2.32. The van der Waals surface area contributed by atoms with E-state index in [1.54, 1.807) is 0 Å². The summed E-state index contributed by atoms with van der Waals surface area (Å²) in [4.78, 5) is 0. The first-order valence-corrected chi connectivity index (χ1v) is 6.35. The molecule has 0 N–H and O–H groups in total. The van der Waals surface area contributed by atoms with Crippen LogP contribution in [0, 0.1) is 30.1 Å². The van der Waals surface area contributed by atoms with E-state index in [0.717, 1.165) is 24.2 Å². The molecular formula is C14H22. The number of rotatable bonds is 2. The molecule has 0 nitrogen and oxygen atoms in total. The third kappa shape index (κ3) is 2.14. The highest BCUT2D eigenvalue weighted by atomic mass is 14.4. The Balaban J connectivity index is 1.95. The van der Waals surface area contributed by atoms with Crippen LogP contribution in [0.2, 0.25) is 0 Å². The molecule has 0 heterocycles. The second-order valence-electron chi connectivity index (χ2n) is 5.16. The Morgan fingerprint density at radius 3 is 2.29 bits per heavy atom. The van der Waals surface area contributed by atoms with Crippen molar-refractivity contribution in [1.82, 2.24) is 0 Å². The molecule has 0 aromatic carbocycles. The van der Waals surface area contributed by atoms with Crippen molar-refractivity contribution in [3.8, 4) is 12.3 Å². The van der Waals surface area contributed by atoms with Gasteiger partial charge < -0.3 is 0 Å². The lowest BCUT2D eigenvalue weighted by Crippen LogP contribution is -2.25. The van der Waals surface area contributed by atoms with Gasteiger partial charge in [-0.15, -0.1) is 12.3 Å². The van der Waals surface area contributed by atoms with Gasteiger partial charge in [-0.05, 0) is 30.6 Å². The molecule has 2 saturated carbocycles. The Hall–Kier alpha value is -0.440. The molecule has 0 spiro atoms. The van der Waals surface area contributed by atoms with Crippen molar-refractivity contribution >= 4 is 0 Å². The van der Waals surface area contributed by atoms with Crippen molar-refractivity contribution < 1.29 is 0 Å². The maximum absolute atomic E-state index is 5.47. The molecule has 2 aliphatic carbocycles. The smallest absolute Gasteiger partial charge is 0.0117 e. The molecule has 0 saturated heterocycles. The topological polar surface area (TPSA) is 0 Å². The second-order valence-corrected chi connectivity index (χ2v) is 5.16. The summed E-state index contributed by atoms with van der Waals surface area (Å²) in [5.41, 5.74) is 0. The van der Waals surface area contributed by atoms with Crippen LogP contribution in [-0.4, -0.2) is 0 Å². The highest BCUT2D eigenvalue weighted by Crippen LogP contribution is 2.43. The van der Waals surface area contributed by atoms with Crippen LogP contribution in [0.4, 0.5) is 0 Å². The minimum atomic E-state index is 0.872. The molecule has 2 atom stereocenters. The van der Waals surface area contributed by atoms with Crippen LogP contribution in [0.5, 0.6) is 0 Å². The minimum absolute atomic E-state index is 0.872. The molecule has 0 aromatic rings. The molecule has 2 unspecified atom stereocenters. The van der Waals surface area contributed by atoms with Crippen molar-refractivity contribution in [2.75, 3.05) is 0 Å². The zero-order valence-corrected chi connectivity index (χ0v) is 9.17. The first kappa shape index (κ1) is 10.1. The Labute approximate surface area is 88.5 Å². The fraction of sp³-hybridized carbons (Fsp3) is 0.857. The van der Waals surface area contributed by atoms with Gasteiger partial charge in [0.25, 0.3) is 0 Å². The number of hydrogen-bond donors (Lipinski definition) is 0. The van der Waals surface area contributed by atoms with Crippen LogP contribution in [0.1, 0.15) is 57.8 Å². The first-order chi connectivity index (χ1) is 6.92. The molecule has 0 heteroatoms. The average Bonchev–Trinajstić information content (AvgIpc) is 2.72. The van der Waals surface area contributed by atoms with Crippen LogP contribution >= 0.6 is 0 Å². The molecule has 0 radical (unpaired) electrons. The summed E-state index contributed by atoms with van der Waals surface area (Å²) in [6.07, 6.45) is 18.2.